The third-order valence-electron chi connectivity index (χ3n) is 3.97. The average Bonchev–Trinajstić information content (AvgIpc) is 2.51. The van der Waals surface area contributed by atoms with Crippen LogP contribution in [-0.2, 0) is 0 Å². The van der Waals surface area contributed by atoms with Gasteiger partial charge >= 0.3 is 0 Å². The quantitative estimate of drug-likeness (QED) is 0.682. The Labute approximate surface area is 130 Å². The Kier molecular flexibility index (Phi) is 3.94. The fourth-order valence-corrected chi connectivity index (χ4v) is 2.91. The minimum atomic E-state index is -0.182. The van der Waals surface area contributed by atoms with E-state index in [1.54, 1.807) is 12.1 Å². The summed E-state index contributed by atoms with van der Waals surface area (Å²) in [5, 5.41) is 5.04. The number of benzene rings is 2. The highest BCUT2D eigenvalue weighted by atomic mass is 16.2. The summed E-state index contributed by atoms with van der Waals surface area (Å²) in [7, 11) is 0. The van der Waals surface area contributed by atoms with Crippen molar-refractivity contribution < 1.29 is 9.59 Å². The second kappa shape index (κ2) is 5.89. The number of hydrogen-bond donors (Lipinski definition) is 1. The Balaban J connectivity index is 1.88. The van der Waals surface area contributed by atoms with Crippen molar-refractivity contribution in [3.05, 3.63) is 47.5 Å². The summed E-state index contributed by atoms with van der Waals surface area (Å²) in [6.07, 6.45) is 0.758. The zero-order valence-electron chi connectivity index (χ0n) is 12.9. The molecule has 4 heteroatoms. The van der Waals surface area contributed by atoms with Crippen LogP contribution in [0.2, 0.25) is 0 Å². The molecular formula is C18H20N2O2. The molecular weight excluding hydrogens is 276 g/mol. The van der Waals surface area contributed by atoms with Gasteiger partial charge in [0.2, 0.25) is 0 Å². The van der Waals surface area contributed by atoms with E-state index in [2.05, 4.69) is 19.2 Å². The van der Waals surface area contributed by atoms with Crippen LogP contribution >= 0.6 is 0 Å². The number of hydrogen-bond acceptors (Lipinski definition) is 3. The fraction of sp³-hybridized carbons (Fsp3) is 0.333. The molecule has 1 N–H and O–H groups in total. The lowest BCUT2D eigenvalue weighted by Crippen LogP contribution is -2.41. The Hall–Kier alpha value is -2.20. The van der Waals surface area contributed by atoms with E-state index in [0.717, 1.165) is 23.7 Å². The van der Waals surface area contributed by atoms with Crippen molar-refractivity contribution in [3.8, 4) is 0 Å². The Bertz CT molecular complexity index is 686. The lowest BCUT2D eigenvalue weighted by Gasteiger charge is -2.27. The molecule has 2 amide bonds. The molecule has 0 aromatic heterocycles. The number of rotatable bonds is 5. The first-order valence-corrected chi connectivity index (χ1v) is 7.71. The maximum Gasteiger partial charge on any atom is 0.261 e. The van der Waals surface area contributed by atoms with Crippen LogP contribution in [0.4, 0.5) is 0 Å². The van der Waals surface area contributed by atoms with E-state index in [9.17, 15) is 9.59 Å². The maximum atomic E-state index is 12.6. The van der Waals surface area contributed by atoms with Crippen LogP contribution in [0.25, 0.3) is 10.8 Å². The van der Waals surface area contributed by atoms with Crippen molar-refractivity contribution in [2.24, 2.45) is 0 Å². The molecule has 3 rings (SSSR count). The summed E-state index contributed by atoms with van der Waals surface area (Å²) in [5.41, 5.74) is 1.26. The standard InChI is InChI=1S/C18H20N2O2/c1-12(2)19-10-5-11-20-17(21)14-8-3-6-13-7-4-9-15(16(13)14)18(20)22/h3-4,6-9,12,19H,5,10-11H2,1-2H3. The molecule has 0 unspecified atom stereocenters. The van der Waals surface area contributed by atoms with Gasteiger partial charge in [-0.1, -0.05) is 38.1 Å². The van der Waals surface area contributed by atoms with E-state index in [4.69, 9.17) is 0 Å². The molecule has 1 aliphatic heterocycles. The van der Waals surface area contributed by atoms with Crippen LogP contribution in [0, 0.1) is 0 Å². The van der Waals surface area contributed by atoms with Gasteiger partial charge in [-0.2, -0.15) is 0 Å². The summed E-state index contributed by atoms with van der Waals surface area (Å²) in [4.78, 5) is 26.6. The Morgan fingerprint density at radius 3 is 2.14 bits per heavy atom. The third-order valence-corrected chi connectivity index (χ3v) is 3.97. The molecule has 22 heavy (non-hydrogen) atoms. The first-order chi connectivity index (χ1) is 10.6. The van der Waals surface area contributed by atoms with Gasteiger partial charge in [-0.05, 0) is 30.5 Å². The zero-order chi connectivity index (χ0) is 15.7. The van der Waals surface area contributed by atoms with Gasteiger partial charge in [-0.15, -0.1) is 0 Å². The van der Waals surface area contributed by atoms with Crippen molar-refractivity contribution in [1.29, 1.82) is 0 Å². The molecule has 4 nitrogen and oxygen atoms in total. The number of carbonyl (C=O) groups excluding carboxylic acids is 2. The lowest BCUT2D eigenvalue weighted by molar-refractivity contribution is 0.0609. The van der Waals surface area contributed by atoms with Crippen molar-refractivity contribution in [1.82, 2.24) is 10.2 Å². The third kappa shape index (κ3) is 2.50. The largest absolute Gasteiger partial charge is 0.314 e. The molecule has 1 aliphatic rings. The molecule has 0 saturated heterocycles. The summed E-state index contributed by atoms with van der Waals surface area (Å²) < 4.78 is 0. The second-order valence-electron chi connectivity index (χ2n) is 5.93. The first-order valence-electron chi connectivity index (χ1n) is 7.71. The van der Waals surface area contributed by atoms with Crippen LogP contribution in [0.1, 0.15) is 41.0 Å². The molecule has 2 aromatic carbocycles. The van der Waals surface area contributed by atoms with Crippen molar-refractivity contribution in [3.63, 3.8) is 0 Å². The smallest absolute Gasteiger partial charge is 0.261 e. The number of nitrogens with zero attached hydrogens (tertiary/aromatic N) is 1. The minimum absolute atomic E-state index is 0.182. The van der Waals surface area contributed by atoms with Crippen LogP contribution in [-0.4, -0.2) is 35.8 Å². The van der Waals surface area contributed by atoms with E-state index in [1.807, 2.05) is 24.3 Å². The van der Waals surface area contributed by atoms with E-state index in [1.165, 1.54) is 4.90 Å². The number of carbonyl (C=O) groups is 2. The zero-order valence-corrected chi connectivity index (χ0v) is 12.9. The average molecular weight is 296 g/mol. The number of nitrogens with one attached hydrogen (secondary N) is 1. The monoisotopic (exact) mass is 296 g/mol. The topological polar surface area (TPSA) is 49.4 Å². The first kappa shape index (κ1) is 14.7. The molecule has 2 aromatic rings. The normalized spacial score (nSPS) is 14.2. The molecule has 114 valence electrons. The van der Waals surface area contributed by atoms with Gasteiger partial charge < -0.3 is 5.32 Å². The molecule has 0 atom stereocenters. The van der Waals surface area contributed by atoms with Crippen molar-refractivity contribution >= 4 is 22.6 Å². The molecule has 0 fully saturated rings. The summed E-state index contributed by atoms with van der Waals surface area (Å²) in [5.74, 6) is -0.363. The SMILES string of the molecule is CC(C)NCCCN1C(=O)c2cccc3cccc(c23)C1=O. The highest BCUT2D eigenvalue weighted by Gasteiger charge is 2.31. The minimum Gasteiger partial charge on any atom is -0.314 e. The van der Waals surface area contributed by atoms with Crippen LogP contribution < -0.4 is 5.32 Å². The van der Waals surface area contributed by atoms with Gasteiger partial charge in [-0.25, -0.2) is 0 Å². The van der Waals surface area contributed by atoms with Crippen molar-refractivity contribution in [2.75, 3.05) is 13.1 Å². The summed E-state index contributed by atoms with van der Waals surface area (Å²) >= 11 is 0. The lowest BCUT2D eigenvalue weighted by atomic mass is 9.94. The molecule has 0 radical (unpaired) electrons. The van der Waals surface area contributed by atoms with Gasteiger partial charge in [0.15, 0.2) is 0 Å². The molecule has 1 heterocycles. The number of imide groups is 1. The molecule has 0 aliphatic carbocycles. The number of amides is 2. The predicted octanol–water partition coefficient (Wildman–Crippen LogP) is 2.82. The van der Waals surface area contributed by atoms with E-state index in [0.29, 0.717) is 23.7 Å². The molecule has 0 saturated carbocycles. The van der Waals surface area contributed by atoms with E-state index >= 15 is 0 Å². The summed E-state index contributed by atoms with van der Waals surface area (Å²) in [6, 6.07) is 11.6. The van der Waals surface area contributed by atoms with E-state index < -0.39 is 0 Å². The Morgan fingerprint density at radius 2 is 1.59 bits per heavy atom. The summed E-state index contributed by atoms with van der Waals surface area (Å²) in [6.45, 7) is 5.39. The van der Waals surface area contributed by atoms with E-state index in [-0.39, 0.29) is 11.8 Å². The van der Waals surface area contributed by atoms with Crippen LogP contribution in [0.3, 0.4) is 0 Å². The Morgan fingerprint density at radius 1 is 1.00 bits per heavy atom. The van der Waals surface area contributed by atoms with Crippen LogP contribution in [0.15, 0.2) is 36.4 Å². The van der Waals surface area contributed by atoms with Gasteiger partial charge in [0.25, 0.3) is 11.8 Å². The fourth-order valence-electron chi connectivity index (χ4n) is 2.91. The maximum absolute atomic E-state index is 12.6. The van der Waals surface area contributed by atoms with Gasteiger partial charge in [-0.3, -0.25) is 14.5 Å². The second-order valence-corrected chi connectivity index (χ2v) is 5.93. The molecule has 0 bridgehead atoms. The van der Waals surface area contributed by atoms with Gasteiger partial charge in [0.1, 0.15) is 0 Å². The highest BCUT2D eigenvalue weighted by molar-refractivity contribution is 6.25. The molecule has 0 spiro atoms. The highest BCUT2D eigenvalue weighted by Crippen LogP contribution is 2.29. The van der Waals surface area contributed by atoms with Crippen molar-refractivity contribution in [2.45, 2.75) is 26.3 Å². The van der Waals surface area contributed by atoms with Gasteiger partial charge in [0.05, 0.1) is 0 Å². The predicted molar refractivity (Wildman–Crippen MR) is 87.1 cm³/mol. The van der Waals surface area contributed by atoms with Crippen LogP contribution in [0.5, 0.6) is 0 Å². The van der Waals surface area contributed by atoms with Gasteiger partial charge in [0, 0.05) is 29.1 Å².